The van der Waals surface area contributed by atoms with Crippen molar-refractivity contribution in [2.24, 2.45) is 10.7 Å². The molecule has 31 heavy (non-hydrogen) atoms. The molecule has 2 aliphatic heterocycles. The molecule has 2 rings (SSSR count). The van der Waals surface area contributed by atoms with Crippen molar-refractivity contribution in [1.82, 2.24) is 4.90 Å². The van der Waals surface area contributed by atoms with Crippen molar-refractivity contribution in [3.63, 3.8) is 0 Å². The van der Waals surface area contributed by atoms with E-state index in [0.717, 1.165) is 11.0 Å². The lowest BCUT2D eigenvalue weighted by Crippen LogP contribution is -2.44. The molecule has 2 aliphatic rings. The third-order valence-electron chi connectivity index (χ3n) is 3.87. The Kier molecular flexibility index (Phi) is 7.50. The first-order valence-electron chi connectivity index (χ1n) is 7.92. The molecule has 0 saturated carbocycles. The number of nitrogens with zero attached hydrogens (tertiary/aromatic N) is 2. The Morgan fingerprint density at radius 1 is 1.29 bits per heavy atom. The zero-order chi connectivity index (χ0) is 23.8. The van der Waals surface area contributed by atoms with Crippen molar-refractivity contribution in [1.29, 1.82) is 0 Å². The second-order valence-electron chi connectivity index (χ2n) is 6.10. The van der Waals surface area contributed by atoms with Crippen molar-refractivity contribution in [2.75, 3.05) is 6.61 Å². The number of rotatable bonds is 9. The first kappa shape index (κ1) is 26.0. The number of phosphoric ester groups is 1. The smallest absolute Gasteiger partial charge is 0.386 e. The monoisotopic (exact) mass is 509 g/mol. The minimum absolute atomic E-state index is 0.0485. The number of phosphoric acid groups is 3. The van der Waals surface area contributed by atoms with Gasteiger partial charge < -0.3 is 40.1 Å². The van der Waals surface area contributed by atoms with E-state index in [9.17, 15) is 28.1 Å². The van der Waals surface area contributed by atoms with Crippen LogP contribution in [0, 0.1) is 0 Å². The number of hydrogen-bond donors (Lipinski definition) is 6. The van der Waals surface area contributed by atoms with Gasteiger partial charge in [-0.25, -0.2) is 23.1 Å². The van der Waals surface area contributed by atoms with Gasteiger partial charge in [-0.2, -0.15) is 8.62 Å². The highest BCUT2D eigenvalue weighted by molar-refractivity contribution is 7.66. The summed E-state index contributed by atoms with van der Waals surface area (Å²) in [6, 6.07) is 0. The van der Waals surface area contributed by atoms with E-state index >= 15 is 0 Å². The highest BCUT2D eigenvalue weighted by Gasteiger charge is 2.57. The molecule has 1 fully saturated rings. The zero-order valence-corrected chi connectivity index (χ0v) is 18.1. The molecule has 15 nitrogen and oxygen atoms in total. The van der Waals surface area contributed by atoms with Gasteiger partial charge in [-0.1, -0.05) is 12.7 Å². The first-order chi connectivity index (χ1) is 14.0. The normalized spacial score (nSPS) is 33.0. The van der Waals surface area contributed by atoms with Crippen molar-refractivity contribution in [2.45, 2.75) is 24.1 Å². The van der Waals surface area contributed by atoms with E-state index in [4.69, 9.17) is 25.2 Å². The molecule has 0 aromatic heterocycles. The van der Waals surface area contributed by atoms with Crippen LogP contribution in [0.3, 0.4) is 0 Å². The molecule has 0 bridgehead atoms. The summed E-state index contributed by atoms with van der Waals surface area (Å²) in [5, 5.41) is 10.3. The second kappa shape index (κ2) is 8.94. The average Bonchev–Trinajstić information content (AvgIpc) is 2.82. The Labute approximate surface area is 174 Å². The summed E-state index contributed by atoms with van der Waals surface area (Å²) in [6.07, 6.45) is -2.33. The minimum Gasteiger partial charge on any atom is -0.386 e. The summed E-state index contributed by atoms with van der Waals surface area (Å²) in [6.45, 7) is 5.77. The molecule has 7 N–H and O–H groups in total. The number of hydrogen-bond acceptors (Lipinski definition) is 11. The van der Waals surface area contributed by atoms with Crippen LogP contribution in [0.25, 0.3) is 0 Å². The number of aliphatic hydroxyl groups is 1. The molecule has 0 radical (unpaired) electrons. The average molecular weight is 509 g/mol. The van der Waals surface area contributed by atoms with Crippen LogP contribution in [0.1, 0.15) is 0 Å². The fourth-order valence-corrected chi connectivity index (χ4v) is 5.61. The molecule has 176 valence electrons. The van der Waals surface area contributed by atoms with E-state index in [2.05, 4.69) is 31.3 Å². The summed E-state index contributed by atoms with van der Waals surface area (Å²) < 4.78 is 65.7. The van der Waals surface area contributed by atoms with E-state index in [-0.39, 0.29) is 11.7 Å². The number of halogens is 1. The number of ether oxygens (including phenoxy) is 1. The minimum atomic E-state index is -5.76. The van der Waals surface area contributed by atoms with Crippen LogP contribution < -0.4 is 5.73 Å². The van der Waals surface area contributed by atoms with Gasteiger partial charge in [0.15, 0.2) is 12.4 Å². The van der Waals surface area contributed by atoms with E-state index < -0.39 is 54.2 Å². The second-order valence-corrected chi connectivity index (χ2v) is 10.5. The highest BCUT2D eigenvalue weighted by atomic mass is 31.3. The van der Waals surface area contributed by atoms with Crippen molar-refractivity contribution >= 4 is 29.3 Å². The molecule has 0 aliphatic carbocycles. The molecule has 0 spiro atoms. The number of aliphatic imine (C=N–C) groups is 1. The molecular formula is C12H19FN3O12P3. The molecule has 0 aromatic rings. The molecule has 0 amide bonds. The van der Waals surface area contributed by atoms with Gasteiger partial charge in [0.25, 0.3) is 0 Å². The first-order valence-corrected chi connectivity index (χ1v) is 12.4. The summed E-state index contributed by atoms with van der Waals surface area (Å²) in [5.41, 5.74) is 3.32. The van der Waals surface area contributed by atoms with Crippen LogP contribution in [-0.2, 0) is 31.6 Å². The molecular weight excluding hydrogens is 490 g/mol. The Morgan fingerprint density at radius 2 is 1.90 bits per heavy atom. The van der Waals surface area contributed by atoms with E-state index in [1.807, 2.05) is 0 Å². The fraction of sp³-hybridized carbons (Fsp3) is 0.417. The predicted molar refractivity (Wildman–Crippen MR) is 100 cm³/mol. The third kappa shape index (κ3) is 6.39. The van der Waals surface area contributed by atoms with Gasteiger partial charge in [-0.15, -0.1) is 6.58 Å². The van der Waals surface area contributed by atoms with Gasteiger partial charge >= 0.3 is 23.5 Å². The van der Waals surface area contributed by atoms with E-state index in [0.29, 0.717) is 0 Å². The fourth-order valence-electron chi connectivity index (χ4n) is 2.55. The molecule has 6 atom stereocenters. The van der Waals surface area contributed by atoms with Gasteiger partial charge in [0.1, 0.15) is 23.4 Å². The van der Waals surface area contributed by atoms with Crippen molar-refractivity contribution in [3.05, 3.63) is 37.3 Å². The molecule has 1 saturated heterocycles. The summed E-state index contributed by atoms with van der Waals surface area (Å²) in [4.78, 5) is 40.6. The van der Waals surface area contributed by atoms with Crippen LogP contribution >= 0.6 is 23.5 Å². The Morgan fingerprint density at radius 3 is 2.42 bits per heavy atom. The molecule has 2 heterocycles. The van der Waals surface area contributed by atoms with Crippen LogP contribution in [0.5, 0.6) is 0 Å². The number of nitrogens with two attached hydrogens (primary N) is 1. The van der Waals surface area contributed by atoms with E-state index in [1.54, 1.807) is 0 Å². The molecule has 2 unspecified atom stereocenters. The van der Waals surface area contributed by atoms with Crippen molar-refractivity contribution in [3.8, 4) is 0 Å². The lowest BCUT2D eigenvalue weighted by Gasteiger charge is -2.32. The van der Waals surface area contributed by atoms with Gasteiger partial charge in [0, 0.05) is 6.20 Å². The van der Waals surface area contributed by atoms with Crippen LogP contribution in [0.2, 0.25) is 0 Å². The Bertz CT molecular complexity index is 952. The highest BCUT2D eigenvalue weighted by Crippen LogP contribution is 2.66. The van der Waals surface area contributed by atoms with Gasteiger partial charge in [-0.3, -0.25) is 4.52 Å². The maximum atomic E-state index is 14.8. The Hall–Kier alpha value is -1.25. The number of alkyl halides is 1. The largest absolute Gasteiger partial charge is 0.490 e. The summed E-state index contributed by atoms with van der Waals surface area (Å²) >= 11 is 0. The van der Waals surface area contributed by atoms with Crippen molar-refractivity contribution < 1.29 is 60.6 Å². The lowest BCUT2D eigenvalue weighted by molar-refractivity contribution is -0.104. The zero-order valence-electron chi connectivity index (χ0n) is 15.4. The Balaban J connectivity index is 2.15. The third-order valence-corrected chi connectivity index (χ3v) is 7.65. The maximum absolute atomic E-state index is 14.8. The number of amidine groups is 1. The van der Waals surface area contributed by atoms with Gasteiger partial charge in [-0.05, 0) is 6.08 Å². The van der Waals surface area contributed by atoms with E-state index in [1.165, 1.54) is 12.3 Å². The number of aliphatic hydroxyl groups excluding tert-OH is 1. The van der Waals surface area contributed by atoms with Crippen LogP contribution in [-0.4, -0.2) is 66.1 Å². The molecule has 0 aromatic carbocycles. The van der Waals surface area contributed by atoms with Gasteiger partial charge in [0.05, 0.1) is 6.61 Å². The summed E-state index contributed by atoms with van der Waals surface area (Å²) in [7, 11) is -16.9. The lowest BCUT2D eigenvalue weighted by atomic mass is 9.97. The standard InChI is InChI=1S/C12H19FN3O12P3/c1-3-12(6-25-30(21,22)28-31(23,24)27-29(18,19)20)10(17)9(13)11(26-12)16-5-4-8(14)15-7(16)2/h3-5,9-11,17H,1-2,6H2,(H2,14,15)(H,21,22)(H,23,24)(H2,18,19,20)/t9-,10-,11+,12+/m0/s1. The van der Waals surface area contributed by atoms with Crippen LogP contribution in [0.4, 0.5) is 4.39 Å². The maximum Gasteiger partial charge on any atom is 0.490 e. The van der Waals surface area contributed by atoms with Crippen LogP contribution in [0.15, 0.2) is 42.3 Å². The SMILES string of the molecule is C=C[C@]1(COP(=O)(O)OP(=O)(O)OP(=O)(O)O)O[C@@H](N2C=CC(N)=NC2=C)[C@@H](F)[C@@H]1O. The molecule has 19 heteroatoms. The van der Waals surface area contributed by atoms with Gasteiger partial charge in [0.2, 0.25) is 0 Å². The predicted octanol–water partition coefficient (Wildman–Crippen LogP) is -0.0325. The topological polar surface area (TPSA) is 231 Å². The quantitative estimate of drug-likeness (QED) is 0.177. The summed E-state index contributed by atoms with van der Waals surface area (Å²) in [5.74, 6) is 0.0189.